The van der Waals surface area contributed by atoms with Gasteiger partial charge >= 0.3 is 0 Å². The number of nitro benzene ring substituents is 2. The third kappa shape index (κ3) is 8.61. The van der Waals surface area contributed by atoms with Crippen molar-refractivity contribution in [2.45, 2.75) is 65.6 Å². The molecule has 0 aliphatic carbocycles. The van der Waals surface area contributed by atoms with Crippen molar-refractivity contribution in [3.05, 3.63) is 91.0 Å². The van der Waals surface area contributed by atoms with Crippen molar-refractivity contribution in [2.75, 3.05) is 0 Å². The molecule has 2 aromatic rings. The van der Waals surface area contributed by atoms with Gasteiger partial charge in [-0.1, -0.05) is 63.8 Å². The van der Waals surface area contributed by atoms with Crippen molar-refractivity contribution in [1.82, 2.24) is 0 Å². The molecule has 7 nitrogen and oxygen atoms in total. The SMILES string of the molecule is CCCCC=Cc1ccc([N+](=O)[O-])c(COCc2cc(C=CCCCC)ccc2[N+](=O)[O-])c1. The number of ether oxygens (including phenoxy) is 1. The van der Waals surface area contributed by atoms with Gasteiger partial charge in [-0.2, -0.15) is 0 Å². The van der Waals surface area contributed by atoms with E-state index in [9.17, 15) is 20.2 Å². The number of allylic oxidation sites excluding steroid dienone is 2. The molecule has 0 aliphatic rings. The van der Waals surface area contributed by atoms with Gasteiger partial charge in [-0.3, -0.25) is 20.2 Å². The molecule has 0 unspecified atom stereocenters. The van der Waals surface area contributed by atoms with E-state index in [1.54, 1.807) is 24.3 Å². The number of nitro groups is 2. The highest BCUT2D eigenvalue weighted by molar-refractivity contribution is 5.56. The average molecular weight is 453 g/mol. The van der Waals surface area contributed by atoms with Gasteiger partial charge in [-0.25, -0.2) is 0 Å². The average Bonchev–Trinajstić information content (AvgIpc) is 2.79. The Kier molecular flexibility index (Phi) is 11.0. The first-order valence-electron chi connectivity index (χ1n) is 11.4. The second-order valence-electron chi connectivity index (χ2n) is 7.87. The molecule has 0 heterocycles. The lowest BCUT2D eigenvalue weighted by atomic mass is 10.1. The van der Waals surface area contributed by atoms with Crippen LogP contribution in [0.2, 0.25) is 0 Å². The first-order chi connectivity index (χ1) is 16.0. The standard InChI is InChI=1S/C26H32N2O5/c1-3-5-7-9-11-21-13-15-25(27(29)30)23(17-21)19-33-20-24-18-22(12-10-8-6-4-2)14-16-26(24)28(31)32/h9-18H,3-8,19-20H2,1-2H3. The summed E-state index contributed by atoms with van der Waals surface area (Å²) in [6, 6.07) is 9.85. The van der Waals surface area contributed by atoms with Crippen molar-refractivity contribution < 1.29 is 14.6 Å². The Morgan fingerprint density at radius 2 is 1.18 bits per heavy atom. The van der Waals surface area contributed by atoms with Crippen molar-refractivity contribution in [3.63, 3.8) is 0 Å². The summed E-state index contributed by atoms with van der Waals surface area (Å²) in [6.45, 7) is 4.22. The van der Waals surface area contributed by atoms with Crippen molar-refractivity contribution in [2.24, 2.45) is 0 Å². The topological polar surface area (TPSA) is 95.5 Å². The van der Waals surface area contributed by atoms with Crippen LogP contribution in [0, 0.1) is 20.2 Å². The number of nitrogens with zero attached hydrogens (tertiary/aromatic N) is 2. The van der Waals surface area contributed by atoms with E-state index in [0.717, 1.165) is 49.7 Å². The Morgan fingerprint density at radius 1 is 0.758 bits per heavy atom. The van der Waals surface area contributed by atoms with Gasteiger partial charge in [0.2, 0.25) is 0 Å². The molecule has 2 aromatic carbocycles. The van der Waals surface area contributed by atoms with Crippen molar-refractivity contribution in [1.29, 1.82) is 0 Å². The molecule has 0 bridgehead atoms. The van der Waals surface area contributed by atoms with Gasteiger partial charge < -0.3 is 4.74 Å². The fourth-order valence-electron chi connectivity index (χ4n) is 3.36. The molecule has 0 fully saturated rings. The molecular formula is C26H32N2O5. The van der Waals surface area contributed by atoms with Gasteiger partial charge in [0.1, 0.15) is 0 Å². The summed E-state index contributed by atoms with van der Waals surface area (Å²) in [5.41, 5.74) is 2.55. The highest BCUT2D eigenvalue weighted by atomic mass is 16.6. The van der Waals surface area contributed by atoms with Gasteiger partial charge in [-0.15, -0.1) is 0 Å². The summed E-state index contributed by atoms with van der Waals surface area (Å²) in [5.74, 6) is 0. The Morgan fingerprint density at radius 3 is 1.55 bits per heavy atom. The van der Waals surface area contributed by atoms with Gasteiger partial charge in [0.05, 0.1) is 34.2 Å². The third-order valence-electron chi connectivity index (χ3n) is 5.18. The lowest BCUT2D eigenvalue weighted by Gasteiger charge is -2.08. The van der Waals surface area contributed by atoms with E-state index in [1.165, 1.54) is 12.1 Å². The number of unbranched alkanes of at least 4 members (excludes halogenated alkanes) is 4. The van der Waals surface area contributed by atoms with Crippen LogP contribution in [0.3, 0.4) is 0 Å². The lowest BCUT2D eigenvalue weighted by molar-refractivity contribution is -0.386. The highest BCUT2D eigenvalue weighted by Crippen LogP contribution is 2.25. The minimum absolute atomic E-state index is 0.0132. The molecule has 0 amide bonds. The van der Waals surface area contributed by atoms with Crippen LogP contribution in [0.4, 0.5) is 11.4 Å². The fraction of sp³-hybridized carbons (Fsp3) is 0.385. The zero-order chi connectivity index (χ0) is 24.1. The largest absolute Gasteiger partial charge is 0.372 e. The maximum atomic E-state index is 11.4. The van der Waals surface area contributed by atoms with E-state index in [1.807, 2.05) is 12.2 Å². The summed E-state index contributed by atoms with van der Waals surface area (Å²) in [6.07, 6.45) is 14.3. The fourth-order valence-corrected chi connectivity index (χ4v) is 3.36. The molecule has 7 heteroatoms. The molecule has 0 saturated carbocycles. The van der Waals surface area contributed by atoms with E-state index in [4.69, 9.17) is 4.74 Å². The van der Waals surface area contributed by atoms with Crippen LogP contribution < -0.4 is 0 Å². The lowest BCUT2D eigenvalue weighted by Crippen LogP contribution is -2.02. The predicted molar refractivity (Wildman–Crippen MR) is 132 cm³/mol. The summed E-state index contributed by atoms with van der Waals surface area (Å²) < 4.78 is 5.73. The molecule has 0 radical (unpaired) electrons. The minimum atomic E-state index is -0.437. The molecule has 33 heavy (non-hydrogen) atoms. The highest BCUT2D eigenvalue weighted by Gasteiger charge is 2.17. The Labute approximate surface area is 195 Å². The molecule has 176 valence electrons. The summed E-state index contributed by atoms with van der Waals surface area (Å²) in [7, 11) is 0. The van der Waals surface area contributed by atoms with Gasteiger partial charge in [0.15, 0.2) is 0 Å². The first-order valence-corrected chi connectivity index (χ1v) is 11.4. The van der Waals surface area contributed by atoms with Gasteiger partial charge in [0.25, 0.3) is 11.4 Å². The van der Waals surface area contributed by atoms with E-state index in [0.29, 0.717) is 11.1 Å². The van der Waals surface area contributed by atoms with E-state index >= 15 is 0 Å². The maximum Gasteiger partial charge on any atom is 0.274 e. The molecule has 0 atom stereocenters. The summed E-state index contributed by atoms with van der Waals surface area (Å²) in [4.78, 5) is 22.0. The molecule has 0 N–H and O–H groups in total. The van der Waals surface area contributed by atoms with Crippen LogP contribution in [0.15, 0.2) is 48.6 Å². The molecule has 0 aliphatic heterocycles. The molecular weight excluding hydrogens is 420 g/mol. The predicted octanol–water partition coefficient (Wildman–Crippen LogP) is 7.63. The van der Waals surface area contributed by atoms with Crippen LogP contribution >= 0.6 is 0 Å². The number of hydrogen-bond acceptors (Lipinski definition) is 5. The smallest absolute Gasteiger partial charge is 0.274 e. The molecule has 0 aromatic heterocycles. The zero-order valence-electron chi connectivity index (χ0n) is 19.4. The van der Waals surface area contributed by atoms with Crippen LogP contribution in [0.1, 0.15) is 74.6 Å². The van der Waals surface area contributed by atoms with Crippen LogP contribution in [0.25, 0.3) is 12.2 Å². The molecule has 0 saturated heterocycles. The van der Waals surface area contributed by atoms with Crippen LogP contribution in [-0.4, -0.2) is 9.85 Å². The van der Waals surface area contributed by atoms with Crippen LogP contribution in [0.5, 0.6) is 0 Å². The number of hydrogen-bond donors (Lipinski definition) is 0. The van der Waals surface area contributed by atoms with Gasteiger partial charge in [0, 0.05) is 12.1 Å². The van der Waals surface area contributed by atoms with E-state index < -0.39 is 9.85 Å². The monoisotopic (exact) mass is 452 g/mol. The second-order valence-corrected chi connectivity index (χ2v) is 7.87. The van der Waals surface area contributed by atoms with Gasteiger partial charge in [-0.05, 0) is 48.2 Å². The summed E-state index contributed by atoms with van der Waals surface area (Å²) >= 11 is 0. The Balaban J connectivity index is 2.15. The zero-order valence-corrected chi connectivity index (χ0v) is 19.4. The Hall–Kier alpha value is -3.32. The first kappa shape index (κ1) is 25.9. The molecule has 2 rings (SSSR count). The van der Waals surface area contributed by atoms with Crippen molar-refractivity contribution in [3.8, 4) is 0 Å². The number of rotatable bonds is 14. The van der Waals surface area contributed by atoms with Crippen LogP contribution in [-0.2, 0) is 18.0 Å². The summed E-state index contributed by atoms with van der Waals surface area (Å²) in [5, 5.41) is 22.9. The van der Waals surface area contributed by atoms with E-state index in [-0.39, 0.29) is 24.6 Å². The molecule has 0 spiro atoms. The maximum absolute atomic E-state index is 11.4. The van der Waals surface area contributed by atoms with E-state index in [2.05, 4.69) is 26.0 Å². The Bertz CT molecular complexity index is 919. The number of benzene rings is 2. The quantitative estimate of drug-likeness (QED) is 0.167. The second kappa shape index (κ2) is 14.0. The normalized spacial score (nSPS) is 11.5. The third-order valence-corrected chi connectivity index (χ3v) is 5.18. The minimum Gasteiger partial charge on any atom is -0.372 e. The van der Waals surface area contributed by atoms with Crippen molar-refractivity contribution >= 4 is 23.5 Å².